The Bertz CT molecular complexity index is 435. The van der Waals surface area contributed by atoms with Crippen molar-refractivity contribution < 1.29 is 27.3 Å². The Balaban J connectivity index is 0.00000256. The average molecular weight is 244 g/mol. The Morgan fingerprint density at radius 3 is 2.41 bits per heavy atom. The van der Waals surface area contributed by atoms with Crippen molar-refractivity contribution in [1.29, 1.82) is 0 Å². The number of hydrogen-bond donors (Lipinski definition) is 0. The molecule has 0 amide bonds. The van der Waals surface area contributed by atoms with Crippen molar-refractivity contribution in [3.05, 3.63) is 48.2 Å². The summed E-state index contributed by atoms with van der Waals surface area (Å²) < 4.78 is 23.7. The molecule has 0 aliphatic carbocycles. The molecule has 0 atom stereocenters. The van der Waals surface area contributed by atoms with Gasteiger partial charge in [0.2, 0.25) is 0 Å². The number of hydrogen-bond acceptors (Lipinski definition) is 2. The van der Waals surface area contributed by atoms with Crippen LogP contribution in [0, 0.1) is 12.7 Å². The van der Waals surface area contributed by atoms with Crippen molar-refractivity contribution in [1.82, 2.24) is 0 Å². The van der Waals surface area contributed by atoms with Crippen molar-refractivity contribution in [2.45, 2.75) is 31.1 Å². The predicted octanol–water partition coefficient (Wildman–Crippen LogP) is 0.291. The van der Waals surface area contributed by atoms with Gasteiger partial charge in [0.05, 0.1) is 9.84 Å². The molecule has 88 valence electrons. The predicted molar refractivity (Wildman–Crippen MR) is 66.7 cm³/mol. The first-order valence-electron chi connectivity index (χ1n) is 5.32. The minimum Gasteiger partial charge on any atom is -0.257 e. The maximum atomic E-state index is 11.8. The molecule has 2 nitrogen and oxygen atoms in total. The molecule has 1 aromatic rings. The molecular formula is C13H17LiO2S. The Morgan fingerprint density at radius 2 is 1.88 bits per heavy atom. The van der Waals surface area contributed by atoms with Crippen LogP contribution in [0.25, 0.3) is 0 Å². The zero-order valence-electron chi connectivity index (χ0n) is 10.5. The van der Waals surface area contributed by atoms with Crippen LogP contribution >= 0.6 is 0 Å². The second-order valence-corrected chi connectivity index (χ2v) is 5.64. The summed E-state index contributed by atoms with van der Waals surface area (Å²) in [6.45, 7) is 5.53. The van der Waals surface area contributed by atoms with Gasteiger partial charge in [-0.25, -0.2) is 5.75 Å². The van der Waals surface area contributed by atoms with E-state index in [1.807, 2.05) is 19.1 Å². The molecular weight excluding hydrogens is 227 g/mol. The Kier molecular flexibility index (Phi) is 7.54. The fourth-order valence-corrected chi connectivity index (χ4v) is 2.51. The summed E-state index contributed by atoms with van der Waals surface area (Å²) in [4.78, 5) is 0.372. The van der Waals surface area contributed by atoms with E-state index in [1.54, 1.807) is 18.2 Å². The quantitative estimate of drug-likeness (QED) is 0.312. The van der Waals surface area contributed by atoms with Crippen molar-refractivity contribution in [2.24, 2.45) is 0 Å². The number of sulfone groups is 1. The van der Waals surface area contributed by atoms with E-state index in [1.165, 1.54) is 5.75 Å². The Morgan fingerprint density at radius 1 is 1.29 bits per heavy atom. The van der Waals surface area contributed by atoms with E-state index < -0.39 is 9.84 Å². The molecule has 0 bridgehead atoms. The molecule has 17 heavy (non-hydrogen) atoms. The number of aryl methyl sites for hydroxylation is 1. The molecule has 0 N–H and O–H groups in total. The van der Waals surface area contributed by atoms with Crippen LogP contribution in [-0.4, -0.2) is 8.42 Å². The minimum atomic E-state index is -3.22. The van der Waals surface area contributed by atoms with E-state index in [4.69, 9.17) is 0 Å². The van der Waals surface area contributed by atoms with Crippen LogP contribution in [0.4, 0.5) is 0 Å². The second kappa shape index (κ2) is 7.76. The third kappa shape index (κ3) is 5.59. The van der Waals surface area contributed by atoms with Gasteiger partial charge in [0.1, 0.15) is 0 Å². The van der Waals surface area contributed by atoms with E-state index in [9.17, 15) is 8.42 Å². The van der Waals surface area contributed by atoms with Gasteiger partial charge in [-0.15, -0.1) is 6.58 Å². The van der Waals surface area contributed by atoms with Crippen molar-refractivity contribution in [3.63, 3.8) is 0 Å². The second-order valence-electron chi connectivity index (χ2n) is 3.74. The van der Waals surface area contributed by atoms with Crippen LogP contribution < -0.4 is 18.9 Å². The number of benzene rings is 1. The van der Waals surface area contributed by atoms with Gasteiger partial charge in [-0.2, -0.15) is 6.42 Å². The molecule has 1 rings (SSSR count). The van der Waals surface area contributed by atoms with Gasteiger partial charge in [-0.1, -0.05) is 30.2 Å². The van der Waals surface area contributed by atoms with Crippen LogP contribution in [0.15, 0.2) is 41.8 Å². The average Bonchev–Trinajstić information content (AvgIpc) is 2.25. The first-order chi connectivity index (χ1) is 7.56. The monoisotopic (exact) mass is 244 g/mol. The van der Waals surface area contributed by atoms with Crippen molar-refractivity contribution >= 4 is 9.84 Å². The van der Waals surface area contributed by atoms with E-state index >= 15 is 0 Å². The minimum absolute atomic E-state index is 0. The third-order valence-electron chi connectivity index (χ3n) is 2.30. The van der Waals surface area contributed by atoms with Gasteiger partial charge in [0, 0.05) is 4.90 Å². The summed E-state index contributed by atoms with van der Waals surface area (Å²) >= 11 is 0. The van der Waals surface area contributed by atoms with Crippen LogP contribution in [0.1, 0.15) is 24.8 Å². The zero-order valence-corrected chi connectivity index (χ0v) is 11.3. The van der Waals surface area contributed by atoms with E-state index in [2.05, 4.69) is 6.58 Å². The van der Waals surface area contributed by atoms with Gasteiger partial charge in [0.25, 0.3) is 0 Å². The summed E-state index contributed by atoms with van der Waals surface area (Å²) in [6, 6.07) is 6.91. The van der Waals surface area contributed by atoms with Crippen LogP contribution in [0.5, 0.6) is 0 Å². The fraction of sp³-hybridized carbons (Fsp3) is 0.308. The molecule has 0 aliphatic heterocycles. The van der Waals surface area contributed by atoms with Gasteiger partial charge in [0.15, 0.2) is 0 Å². The standard InChI is InChI=1S/C13H17O2S.Li/c1-3-4-5-6-11-16(14,15)13-9-7-12(2)8-10-13;/h3,7-11H,1,4-6H2,2H3;/q-1;+1. The molecule has 0 heterocycles. The molecule has 0 unspecified atom stereocenters. The van der Waals surface area contributed by atoms with E-state index in [0.717, 1.165) is 18.4 Å². The molecule has 0 saturated heterocycles. The molecule has 0 radical (unpaired) electrons. The summed E-state index contributed by atoms with van der Waals surface area (Å²) in [7, 11) is -3.22. The topological polar surface area (TPSA) is 34.1 Å². The largest absolute Gasteiger partial charge is 1.00 e. The Labute approximate surface area is 116 Å². The van der Waals surface area contributed by atoms with Gasteiger partial charge >= 0.3 is 18.9 Å². The summed E-state index contributed by atoms with van der Waals surface area (Å²) in [5.74, 6) is 1.39. The van der Waals surface area contributed by atoms with Crippen LogP contribution in [-0.2, 0) is 9.84 Å². The van der Waals surface area contributed by atoms with Gasteiger partial charge < -0.3 is 0 Å². The molecule has 0 saturated carbocycles. The summed E-state index contributed by atoms with van der Waals surface area (Å²) in [6.07, 6.45) is 4.04. The molecule has 0 aliphatic rings. The first kappa shape index (κ1) is 16.5. The maximum absolute atomic E-state index is 11.8. The van der Waals surface area contributed by atoms with Crippen molar-refractivity contribution in [2.75, 3.05) is 0 Å². The zero-order chi connectivity index (χ0) is 12.0. The Hall–Kier alpha value is -0.493. The number of allylic oxidation sites excluding steroid dienone is 1. The molecule has 0 spiro atoms. The maximum Gasteiger partial charge on any atom is 1.00 e. The molecule has 0 fully saturated rings. The van der Waals surface area contributed by atoms with Gasteiger partial charge in [-0.3, -0.25) is 8.42 Å². The first-order valence-corrected chi connectivity index (χ1v) is 6.87. The normalized spacial score (nSPS) is 10.6. The summed E-state index contributed by atoms with van der Waals surface area (Å²) in [5, 5.41) is 0. The van der Waals surface area contributed by atoms with Gasteiger partial charge in [-0.05, 0) is 25.5 Å². The van der Waals surface area contributed by atoms with E-state index in [0.29, 0.717) is 11.3 Å². The van der Waals surface area contributed by atoms with E-state index in [-0.39, 0.29) is 18.9 Å². The number of unbranched alkanes of at least 4 members (excludes halogenated alkanes) is 2. The smallest absolute Gasteiger partial charge is 0.257 e. The fourth-order valence-electron chi connectivity index (χ4n) is 1.32. The number of rotatable bonds is 6. The SMILES string of the molecule is C=CCCC[CH-]S(=O)(=O)c1ccc(C)cc1.[Li+]. The molecule has 1 aromatic carbocycles. The molecule has 0 aromatic heterocycles. The third-order valence-corrected chi connectivity index (χ3v) is 3.90. The van der Waals surface area contributed by atoms with Crippen LogP contribution in [0.2, 0.25) is 0 Å². The van der Waals surface area contributed by atoms with Crippen molar-refractivity contribution in [3.8, 4) is 0 Å². The molecule has 4 heteroatoms. The summed E-state index contributed by atoms with van der Waals surface area (Å²) in [5.41, 5.74) is 1.06. The van der Waals surface area contributed by atoms with Crippen LogP contribution in [0.3, 0.4) is 0 Å².